The van der Waals surface area contributed by atoms with E-state index in [1.165, 1.54) is 4.31 Å². The summed E-state index contributed by atoms with van der Waals surface area (Å²) >= 11 is 1.61. The van der Waals surface area contributed by atoms with Crippen molar-refractivity contribution in [2.45, 2.75) is 37.6 Å². The number of rotatable bonds is 7. The van der Waals surface area contributed by atoms with Crippen LogP contribution < -0.4 is 0 Å². The van der Waals surface area contributed by atoms with Gasteiger partial charge in [-0.25, -0.2) is 8.42 Å². The number of nitrogens with zero attached hydrogens (tertiary/aromatic N) is 2. The van der Waals surface area contributed by atoms with Gasteiger partial charge in [0.1, 0.15) is 0 Å². The van der Waals surface area contributed by atoms with Crippen molar-refractivity contribution >= 4 is 27.3 Å². The molecule has 1 aliphatic rings. The Hall–Kier alpha value is -1.70. The first kappa shape index (κ1) is 19.1. The summed E-state index contributed by atoms with van der Waals surface area (Å²) in [5, 5.41) is 4.05. The maximum Gasteiger partial charge on any atom is 0.254 e. The molecule has 1 saturated heterocycles. The standard InChI is InChI=1S/C19H24N2O3S2/c1-2-10-20(14-16-9-13-25-15-16)19(22)17-5-7-18(8-6-17)26(23,24)21-11-3-4-12-21/h5-9,13,15H,2-4,10-12,14H2,1H3. The first-order valence-electron chi connectivity index (χ1n) is 8.93. The molecule has 1 aromatic heterocycles. The summed E-state index contributed by atoms with van der Waals surface area (Å²) < 4.78 is 26.7. The first-order chi connectivity index (χ1) is 12.5. The van der Waals surface area contributed by atoms with Crippen LogP contribution in [0.5, 0.6) is 0 Å². The Bertz CT molecular complexity index is 824. The summed E-state index contributed by atoms with van der Waals surface area (Å²) in [6.07, 6.45) is 2.69. The third kappa shape index (κ3) is 4.16. The molecule has 1 amide bonds. The zero-order chi connectivity index (χ0) is 18.6. The van der Waals surface area contributed by atoms with Crippen molar-refractivity contribution in [1.29, 1.82) is 0 Å². The van der Waals surface area contributed by atoms with Crippen LogP contribution in [0.2, 0.25) is 0 Å². The van der Waals surface area contributed by atoms with E-state index in [0.717, 1.165) is 24.8 Å². The van der Waals surface area contributed by atoms with Gasteiger partial charge in [0.2, 0.25) is 10.0 Å². The zero-order valence-electron chi connectivity index (χ0n) is 14.9. The van der Waals surface area contributed by atoms with Crippen molar-refractivity contribution in [3.63, 3.8) is 0 Å². The van der Waals surface area contributed by atoms with E-state index in [4.69, 9.17) is 0 Å². The molecule has 0 bridgehead atoms. The van der Waals surface area contributed by atoms with E-state index in [2.05, 4.69) is 0 Å². The Morgan fingerprint density at radius 1 is 1.15 bits per heavy atom. The van der Waals surface area contributed by atoms with Crippen molar-refractivity contribution < 1.29 is 13.2 Å². The predicted octanol–water partition coefficient (Wildman–Crippen LogP) is 3.59. The number of sulfonamides is 1. The monoisotopic (exact) mass is 392 g/mol. The molecule has 1 fully saturated rings. The van der Waals surface area contributed by atoms with Crippen molar-refractivity contribution in [3.05, 3.63) is 52.2 Å². The number of benzene rings is 1. The van der Waals surface area contributed by atoms with Gasteiger partial charge in [-0.1, -0.05) is 6.92 Å². The Kier molecular flexibility index (Phi) is 6.11. The molecule has 26 heavy (non-hydrogen) atoms. The van der Waals surface area contributed by atoms with Gasteiger partial charge in [-0.05, 0) is 65.9 Å². The molecule has 1 aromatic carbocycles. The zero-order valence-corrected chi connectivity index (χ0v) is 16.6. The van der Waals surface area contributed by atoms with E-state index in [0.29, 0.717) is 31.7 Å². The average molecular weight is 393 g/mol. The van der Waals surface area contributed by atoms with Crippen LogP contribution in [0.15, 0.2) is 46.0 Å². The minimum absolute atomic E-state index is 0.0665. The summed E-state index contributed by atoms with van der Waals surface area (Å²) in [6, 6.07) is 8.38. The minimum Gasteiger partial charge on any atom is -0.334 e. The van der Waals surface area contributed by atoms with E-state index >= 15 is 0 Å². The second-order valence-corrected chi connectivity index (χ2v) is 9.21. The van der Waals surface area contributed by atoms with Crippen LogP contribution in [-0.4, -0.2) is 43.2 Å². The van der Waals surface area contributed by atoms with Gasteiger partial charge in [-0.2, -0.15) is 15.6 Å². The maximum atomic E-state index is 12.8. The second-order valence-electron chi connectivity index (χ2n) is 6.49. The Morgan fingerprint density at radius 3 is 2.42 bits per heavy atom. The molecule has 0 radical (unpaired) electrons. The minimum atomic E-state index is -3.44. The molecule has 2 heterocycles. The fourth-order valence-corrected chi connectivity index (χ4v) is 5.33. The molecule has 3 rings (SSSR count). The Labute approximate surface area is 159 Å². The van der Waals surface area contributed by atoms with Gasteiger partial charge < -0.3 is 4.90 Å². The lowest BCUT2D eigenvalue weighted by Crippen LogP contribution is -2.31. The van der Waals surface area contributed by atoms with E-state index in [9.17, 15) is 13.2 Å². The summed E-state index contributed by atoms with van der Waals surface area (Å²) in [4.78, 5) is 14.9. The molecular formula is C19H24N2O3S2. The van der Waals surface area contributed by atoms with Gasteiger partial charge in [0.15, 0.2) is 0 Å². The average Bonchev–Trinajstić information content (AvgIpc) is 3.35. The van der Waals surface area contributed by atoms with Crippen LogP contribution in [0.4, 0.5) is 0 Å². The van der Waals surface area contributed by atoms with Crippen molar-refractivity contribution in [2.24, 2.45) is 0 Å². The third-order valence-corrected chi connectivity index (χ3v) is 7.18. The number of thiophene rings is 1. The van der Waals surface area contributed by atoms with Crippen molar-refractivity contribution in [3.8, 4) is 0 Å². The van der Waals surface area contributed by atoms with Crippen LogP contribution >= 0.6 is 11.3 Å². The van der Waals surface area contributed by atoms with Gasteiger partial charge in [0.05, 0.1) is 4.90 Å². The molecule has 5 nitrogen and oxygen atoms in total. The van der Waals surface area contributed by atoms with Crippen LogP contribution in [-0.2, 0) is 16.6 Å². The van der Waals surface area contributed by atoms with Crippen molar-refractivity contribution in [2.75, 3.05) is 19.6 Å². The summed E-state index contributed by atoms with van der Waals surface area (Å²) in [6.45, 7) is 4.44. The quantitative estimate of drug-likeness (QED) is 0.724. The number of carbonyl (C=O) groups is 1. The van der Waals surface area contributed by atoms with Crippen LogP contribution in [0, 0.1) is 0 Å². The summed E-state index contributed by atoms with van der Waals surface area (Å²) in [7, 11) is -3.44. The topological polar surface area (TPSA) is 57.7 Å². The van der Waals surface area contributed by atoms with E-state index in [-0.39, 0.29) is 10.8 Å². The number of carbonyl (C=O) groups excluding carboxylic acids is 1. The number of hydrogen-bond acceptors (Lipinski definition) is 4. The summed E-state index contributed by atoms with van der Waals surface area (Å²) in [5.74, 6) is -0.0665. The molecule has 0 spiro atoms. The van der Waals surface area contributed by atoms with Gasteiger partial charge in [0.25, 0.3) is 5.91 Å². The van der Waals surface area contributed by atoms with Crippen LogP contribution in [0.25, 0.3) is 0 Å². The lowest BCUT2D eigenvalue weighted by atomic mass is 10.2. The SMILES string of the molecule is CCCN(Cc1ccsc1)C(=O)c1ccc(S(=O)(=O)N2CCCC2)cc1. The molecule has 0 unspecified atom stereocenters. The Morgan fingerprint density at radius 2 is 1.85 bits per heavy atom. The molecule has 0 aliphatic carbocycles. The Balaban J connectivity index is 1.76. The lowest BCUT2D eigenvalue weighted by molar-refractivity contribution is 0.0743. The molecule has 0 N–H and O–H groups in total. The molecule has 140 valence electrons. The van der Waals surface area contributed by atoms with Gasteiger partial charge in [-0.3, -0.25) is 4.79 Å². The maximum absolute atomic E-state index is 12.8. The highest BCUT2D eigenvalue weighted by Gasteiger charge is 2.27. The largest absolute Gasteiger partial charge is 0.334 e. The highest BCUT2D eigenvalue weighted by molar-refractivity contribution is 7.89. The van der Waals surface area contributed by atoms with E-state index in [1.807, 2.05) is 28.7 Å². The lowest BCUT2D eigenvalue weighted by Gasteiger charge is -2.22. The fourth-order valence-electron chi connectivity index (χ4n) is 3.15. The van der Waals surface area contributed by atoms with E-state index in [1.54, 1.807) is 35.6 Å². The molecule has 7 heteroatoms. The highest BCUT2D eigenvalue weighted by atomic mass is 32.2. The molecule has 0 atom stereocenters. The van der Waals surface area contributed by atoms with Gasteiger partial charge >= 0.3 is 0 Å². The summed E-state index contributed by atoms with van der Waals surface area (Å²) in [5.41, 5.74) is 1.64. The molecular weight excluding hydrogens is 368 g/mol. The highest BCUT2D eigenvalue weighted by Crippen LogP contribution is 2.22. The van der Waals surface area contributed by atoms with E-state index < -0.39 is 10.0 Å². The molecule has 1 aliphatic heterocycles. The second kappa shape index (κ2) is 8.33. The van der Waals surface area contributed by atoms with Gasteiger partial charge in [-0.15, -0.1) is 0 Å². The van der Waals surface area contributed by atoms with Crippen LogP contribution in [0.3, 0.4) is 0 Å². The smallest absolute Gasteiger partial charge is 0.254 e. The number of hydrogen-bond donors (Lipinski definition) is 0. The first-order valence-corrected chi connectivity index (χ1v) is 11.3. The van der Waals surface area contributed by atoms with Crippen molar-refractivity contribution in [1.82, 2.24) is 9.21 Å². The molecule has 2 aromatic rings. The fraction of sp³-hybridized carbons (Fsp3) is 0.421. The number of amides is 1. The molecule has 0 saturated carbocycles. The predicted molar refractivity (Wildman–Crippen MR) is 104 cm³/mol. The van der Waals surface area contributed by atoms with Gasteiger partial charge in [0, 0.05) is 31.7 Å². The third-order valence-electron chi connectivity index (χ3n) is 4.54. The normalized spacial score (nSPS) is 15.3. The van der Waals surface area contributed by atoms with Crippen LogP contribution in [0.1, 0.15) is 42.1 Å².